The van der Waals surface area contributed by atoms with Crippen molar-refractivity contribution >= 4 is 0 Å². The fourth-order valence-corrected chi connectivity index (χ4v) is 2.67. The lowest BCUT2D eigenvalue weighted by Gasteiger charge is -2.35. The van der Waals surface area contributed by atoms with Gasteiger partial charge < -0.3 is 14.2 Å². The van der Waals surface area contributed by atoms with Crippen LogP contribution in [0.15, 0.2) is 30.6 Å². The molecule has 0 aromatic carbocycles. The Hall–Kier alpha value is -2.09. The Morgan fingerprint density at radius 2 is 1.91 bits per heavy atom. The van der Waals surface area contributed by atoms with Crippen molar-refractivity contribution in [2.45, 2.75) is 12.4 Å². The first-order valence-corrected chi connectivity index (χ1v) is 7.66. The van der Waals surface area contributed by atoms with E-state index >= 15 is 0 Å². The van der Waals surface area contributed by atoms with Crippen LogP contribution in [0.4, 0.5) is 0 Å². The molecule has 2 fully saturated rings. The molecule has 0 atom stereocenters. The molecule has 0 saturated carbocycles. The van der Waals surface area contributed by atoms with E-state index in [0.717, 1.165) is 24.5 Å². The number of likely N-dealkylation sites (tertiary alicyclic amines) is 1. The highest BCUT2D eigenvalue weighted by Crippen LogP contribution is 2.24. The van der Waals surface area contributed by atoms with Crippen molar-refractivity contribution in [1.29, 1.82) is 0 Å². The minimum absolute atomic E-state index is 0.184. The fourth-order valence-electron chi connectivity index (χ4n) is 2.67. The van der Waals surface area contributed by atoms with Gasteiger partial charge in [-0.2, -0.15) is 0 Å². The zero-order valence-corrected chi connectivity index (χ0v) is 12.9. The number of aromatic nitrogens is 3. The molecule has 2 aromatic rings. The molecule has 4 rings (SSSR count). The van der Waals surface area contributed by atoms with Gasteiger partial charge in [0.2, 0.25) is 12.2 Å². The first-order valence-electron chi connectivity index (χ1n) is 7.66. The first-order chi connectivity index (χ1) is 11.3. The van der Waals surface area contributed by atoms with Crippen LogP contribution in [0.1, 0.15) is 12.0 Å². The normalized spacial score (nSPS) is 19.7. The van der Waals surface area contributed by atoms with Gasteiger partial charge in [-0.15, -0.1) is 0 Å². The summed E-state index contributed by atoms with van der Waals surface area (Å²) in [6.45, 7) is 3.01. The van der Waals surface area contributed by atoms with Crippen LogP contribution < -0.4 is 4.74 Å². The zero-order valence-electron chi connectivity index (χ0n) is 12.9. The van der Waals surface area contributed by atoms with Crippen LogP contribution >= 0.6 is 0 Å². The van der Waals surface area contributed by atoms with Gasteiger partial charge in [-0.05, 0) is 19.2 Å². The predicted octanol–water partition coefficient (Wildman–Crippen LogP) is 1.28. The largest absolute Gasteiger partial charge is 0.471 e. The van der Waals surface area contributed by atoms with Crippen molar-refractivity contribution in [2.24, 2.45) is 0 Å². The number of nitrogens with zero attached hydrogens (tertiary/aromatic N) is 4. The molecule has 0 unspecified atom stereocenters. The van der Waals surface area contributed by atoms with Gasteiger partial charge in [-0.1, -0.05) is 6.07 Å². The Balaban J connectivity index is 1.54. The molecule has 2 aliphatic heterocycles. The van der Waals surface area contributed by atoms with E-state index in [4.69, 9.17) is 14.2 Å². The van der Waals surface area contributed by atoms with E-state index in [0.29, 0.717) is 24.8 Å². The fraction of sp³-hybridized carbons (Fsp3) is 0.438. The summed E-state index contributed by atoms with van der Waals surface area (Å²) < 4.78 is 16.8. The number of ether oxygens (including phenoxy) is 3. The molecule has 7 nitrogen and oxygen atoms in total. The smallest absolute Gasteiger partial charge is 0.233 e. The third kappa shape index (κ3) is 3.17. The van der Waals surface area contributed by atoms with Gasteiger partial charge >= 0.3 is 0 Å². The van der Waals surface area contributed by atoms with E-state index in [2.05, 4.69) is 26.9 Å². The van der Waals surface area contributed by atoms with Crippen LogP contribution in [0.5, 0.6) is 5.88 Å². The van der Waals surface area contributed by atoms with Crippen LogP contribution in [0, 0.1) is 0 Å². The number of likely N-dealkylation sites (N-methyl/N-ethyl adjacent to an activating group) is 1. The van der Waals surface area contributed by atoms with Crippen molar-refractivity contribution in [3.05, 3.63) is 36.3 Å². The minimum Gasteiger partial charge on any atom is -0.471 e. The maximum absolute atomic E-state index is 5.82. The summed E-state index contributed by atoms with van der Waals surface area (Å²) in [4.78, 5) is 15.5. The van der Waals surface area contributed by atoms with E-state index in [9.17, 15) is 0 Å². The summed E-state index contributed by atoms with van der Waals surface area (Å²) >= 11 is 0. The zero-order chi connectivity index (χ0) is 15.6. The molecular formula is C16H18N4O3. The maximum Gasteiger partial charge on any atom is 0.233 e. The average molecular weight is 314 g/mol. The molecule has 0 spiro atoms. The Morgan fingerprint density at radius 3 is 2.70 bits per heavy atom. The predicted molar refractivity (Wildman–Crippen MR) is 81.8 cm³/mol. The molecule has 4 heterocycles. The molecule has 0 N–H and O–H groups in total. The van der Waals surface area contributed by atoms with Crippen molar-refractivity contribution < 1.29 is 14.2 Å². The number of pyridine rings is 1. The van der Waals surface area contributed by atoms with E-state index in [-0.39, 0.29) is 6.10 Å². The Kier molecular flexibility index (Phi) is 3.90. The molecule has 0 bridgehead atoms. The van der Waals surface area contributed by atoms with Gasteiger partial charge in [-0.25, -0.2) is 9.97 Å². The molecule has 120 valence electrons. The van der Waals surface area contributed by atoms with Crippen molar-refractivity contribution in [3.63, 3.8) is 0 Å². The number of hydrogen-bond acceptors (Lipinski definition) is 7. The van der Waals surface area contributed by atoms with Crippen LogP contribution in [-0.4, -0.2) is 59.3 Å². The lowest BCUT2D eigenvalue weighted by atomic mass is 10.2. The second-order valence-electron chi connectivity index (χ2n) is 5.72. The van der Waals surface area contributed by atoms with E-state index in [1.807, 2.05) is 18.2 Å². The lowest BCUT2D eigenvalue weighted by molar-refractivity contribution is -0.0472. The Labute approximate surface area is 134 Å². The highest BCUT2D eigenvalue weighted by Gasteiger charge is 2.25. The van der Waals surface area contributed by atoms with Gasteiger partial charge in [0.05, 0.1) is 37.0 Å². The van der Waals surface area contributed by atoms with Crippen molar-refractivity contribution in [1.82, 2.24) is 19.9 Å². The van der Waals surface area contributed by atoms with Crippen LogP contribution in [0.2, 0.25) is 0 Å². The Bertz CT molecular complexity index is 685. The molecule has 0 aliphatic carbocycles. The van der Waals surface area contributed by atoms with E-state index in [1.54, 1.807) is 12.4 Å². The summed E-state index contributed by atoms with van der Waals surface area (Å²) in [6, 6.07) is 5.69. The van der Waals surface area contributed by atoms with Crippen molar-refractivity contribution in [2.75, 3.05) is 33.4 Å². The quantitative estimate of drug-likeness (QED) is 0.842. The van der Waals surface area contributed by atoms with Crippen LogP contribution in [-0.2, 0) is 9.47 Å². The summed E-state index contributed by atoms with van der Waals surface area (Å²) in [7, 11) is 2.06. The van der Waals surface area contributed by atoms with Gasteiger partial charge in [-0.3, -0.25) is 9.88 Å². The lowest BCUT2D eigenvalue weighted by Crippen LogP contribution is -2.51. The summed E-state index contributed by atoms with van der Waals surface area (Å²) in [6.07, 6.45) is 3.11. The Morgan fingerprint density at radius 1 is 1.09 bits per heavy atom. The third-order valence-corrected chi connectivity index (χ3v) is 3.83. The molecule has 0 radical (unpaired) electrons. The summed E-state index contributed by atoms with van der Waals surface area (Å²) in [5.74, 6) is 0.529. The first kappa shape index (κ1) is 14.5. The van der Waals surface area contributed by atoms with E-state index < -0.39 is 6.29 Å². The van der Waals surface area contributed by atoms with Gasteiger partial charge in [0.1, 0.15) is 11.8 Å². The van der Waals surface area contributed by atoms with E-state index in [1.165, 1.54) is 0 Å². The molecule has 2 saturated heterocycles. The highest BCUT2D eigenvalue weighted by molar-refractivity contribution is 5.53. The minimum atomic E-state index is -0.396. The number of hydrogen-bond donors (Lipinski definition) is 0. The molecule has 2 aromatic heterocycles. The molecule has 2 aliphatic rings. The monoisotopic (exact) mass is 314 g/mol. The van der Waals surface area contributed by atoms with Crippen LogP contribution in [0.3, 0.4) is 0 Å². The average Bonchev–Trinajstić information content (AvgIpc) is 3.08. The van der Waals surface area contributed by atoms with Gasteiger partial charge in [0, 0.05) is 13.1 Å². The van der Waals surface area contributed by atoms with Gasteiger partial charge in [0.15, 0.2) is 0 Å². The maximum atomic E-state index is 5.82. The summed E-state index contributed by atoms with van der Waals surface area (Å²) in [5.41, 5.74) is 2.15. The highest BCUT2D eigenvalue weighted by atomic mass is 16.7. The third-order valence-electron chi connectivity index (χ3n) is 3.83. The molecule has 7 heteroatoms. The SMILES string of the molecule is CN1CC(Oc2cncc(-c3cccc(C4OCCO4)n3)n2)C1. The second-order valence-corrected chi connectivity index (χ2v) is 5.72. The van der Waals surface area contributed by atoms with Crippen LogP contribution in [0.25, 0.3) is 11.4 Å². The molecule has 0 amide bonds. The standard InChI is InChI=1S/C16H18N4O3/c1-20-9-11(10-20)23-15-8-17-7-14(19-15)12-3-2-4-13(18-12)16-21-5-6-22-16/h2-4,7-8,11,16H,5-6,9-10H2,1H3. The molecular weight excluding hydrogens is 296 g/mol. The second kappa shape index (κ2) is 6.19. The molecule has 23 heavy (non-hydrogen) atoms. The van der Waals surface area contributed by atoms with Crippen molar-refractivity contribution in [3.8, 4) is 17.3 Å². The topological polar surface area (TPSA) is 69.6 Å². The van der Waals surface area contributed by atoms with Gasteiger partial charge in [0.25, 0.3) is 0 Å². The summed E-state index contributed by atoms with van der Waals surface area (Å²) in [5, 5.41) is 0. The number of rotatable bonds is 4.